The second kappa shape index (κ2) is 6.13. The van der Waals surface area contributed by atoms with E-state index in [0.717, 1.165) is 0 Å². The van der Waals surface area contributed by atoms with Crippen LogP contribution in [0.15, 0.2) is 22.7 Å². The number of piperazine rings is 1. The molecule has 2 rings (SSSR count). The first-order valence-electron chi connectivity index (χ1n) is 6.89. The lowest BCUT2D eigenvalue weighted by molar-refractivity contribution is -0.133. The maximum atomic E-state index is 13.5. The van der Waals surface area contributed by atoms with E-state index in [1.807, 2.05) is 13.8 Å². The predicted octanol–water partition coefficient (Wildman–Crippen LogP) is 2.85. The summed E-state index contributed by atoms with van der Waals surface area (Å²) in [5, 5.41) is 2.74. The third kappa shape index (κ3) is 3.26. The number of benzene rings is 1. The van der Waals surface area contributed by atoms with E-state index >= 15 is 0 Å². The molecule has 0 aliphatic carbocycles. The summed E-state index contributed by atoms with van der Waals surface area (Å²) in [6, 6.07) is 2.87. The summed E-state index contributed by atoms with van der Waals surface area (Å²) in [6.07, 6.45) is 0.556. The van der Waals surface area contributed by atoms with Gasteiger partial charge in [0.1, 0.15) is 17.9 Å². The fourth-order valence-corrected chi connectivity index (χ4v) is 2.90. The number of carbonyl (C=O) groups excluding carboxylic acids is 2. The van der Waals surface area contributed by atoms with Crippen LogP contribution < -0.4 is 10.2 Å². The molecular weight excluding hydrogens is 339 g/mol. The van der Waals surface area contributed by atoms with Crippen LogP contribution in [0.5, 0.6) is 0 Å². The molecule has 0 saturated carbocycles. The largest absolute Gasteiger partial charge is 0.342 e. The number of rotatable bonds is 3. The lowest BCUT2D eigenvalue weighted by Crippen LogP contribution is -2.63. The molecule has 2 amide bonds. The Bertz CT molecular complexity index is 577. The molecule has 1 heterocycles. The fraction of sp³-hybridized carbons (Fsp3) is 0.467. The van der Waals surface area contributed by atoms with Crippen LogP contribution in [-0.4, -0.2) is 23.9 Å². The van der Waals surface area contributed by atoms with E-state index in [4.69, 9.17) is 0 Å². The second-order valence-corrected chi connectivity index (χ2v) is 6.53. The molecular formula is C15H18BrFN2O2. The summed E-state index contributed by atoms with van der Waals surface area (Å²) in [5.74, 6) is -0.608. The zero-order chi connectivity index (χ0) is 15.7. The van der Waals surface area contributed by atoms with Gasteiger partial charge in [-0.1, -0.05) is 13.8 Å². The average molecular weight is 357 g/mol. The van der Waals surface area contributed by atoms with Crippen molar-refractivity contribution in [3.63, 3.8) is 0 Å². The third-order valence-electron chi connectivity index (χ3n) is 3.49. The number of anilines is 1. The van der Waals surface area contributed by atoms with Gasteiger partial charge in [0, 0.05) is 4.47 Å². The standard InChI is InChI=1S/C15H18BrFN2O2/c1-8(2)6-12-15(21)19(9(3)14(20)18-12)13-7-10(17)4-5-11(13)16/h4-5,7-9,12H,6H2,1-3H3,(H,18,20). The van der Waals surface area contributed by atoms with Gasteiger partial charge in [-0.05, 0) is 53.4 Å². The van der Waals surface area contributed by atoms with E-state index in [1.54, 1.807) is 6.92 Å². The van der Waals surface area contributed by atoms with Crippen molar-refractivity contribution < 1.29 is 14.0 Å². The Balaban J connectivity index is 2.41. The monoisotopic (exact) mass is 356 g/mol. The minimum absolute atomic E-state index is 0.206. The van der Waals surface area contributed by atoms with Crippen molar-refractivity contribution in [3.05, 3.63) is 28.5 Å². The van der Waals surface area contributed by atoms with Crippen molar-refractivity contribution in [2.24, 2.45) is 5.92 Å². The second-order valence-electron chi connectivity index (χ2n) is 5.67. The molecule has 1 saturated heterocycles. The van der Waals surface area contributed by atoms with Gasteiger partial charge in [-0.3, -0.25) is 14.5 Å². The molecule has 4 nitrogen and oxygen atoms in total. The van der Waals surface area contributed by atoms with Crippen molar-refractivity contribution in [3.8, 4) is 0 Å². The molecule has 0 aromatic heterocycles. The van der Waals surface area contributed by atoms with Crippen LogP contribution >= 0.6 is 15.9 Å². The van der Waals surface area contributed by atoms with Crippen molar-refractivity contribution in [2.75, 3.05) is 4.90 Å². The Morgan fingerprint density at radius 1 is 1.38 bits per heavy atom. The highest BCUT2D eigenvalue weighted by Crippen LogP contribution is 2.31. The van der Waals surface area contributed by atoms with Crippen LogP contribution in [-0.2, 0) is 9.59 Å². The summed E-state index contributed by atoms with van der Waals surface area (Å²) in [5.41, 5.74) is 0.385. The van der Waals surface area contributed by atoms with Crippen molar-refractivity contribution in [1.82, 2.24) is 5.32 Å². The third-order valence-corrected chi connectivity index (χ3v) is 4.16. The van der Waals surface area contributed by atoms with Crippen molar-refractivity contribution in [1.29, 1.82) is 0 Å². The van der Waals surface area contributed by atoms with Gasteiger partial charge in [-0.15, -0.1) is 0 Å². The Labute approximate surface area is 131 Å². The topological polar surface area (TPSA) is 49.4 Å². The van der Waals surface area contributed by atoms with E-state index in [0.29, 0.717) is 16.6 Å². The first kappa shape index (κ1) is 15.9. The van der Waals surface area contributed by atoms with Gasteiger partial charge in [0.05, 0.1) is 5.69 Å². The predicted molar refractivity (Wildman–Crippen MR) is 82.4 cm³/mol. The van der Waals surface area contributed by atoms with Crippen molar-refractivity contribution >= 4 is 33.4 Å². The summed E-state index contributed by atoms with van der Waals surface area (Å²) in [7, 11) is 0. The lowest BCUT2D eigenvalue weighted by atomic mass is 9.98. The highest BCUT2D eigenvalue weighted by Gasteiger charge is 2.39. The number of hydrogen-bond acceptors (Lipinski definition) is 2. The molecule has 6 heteroatoms. The van der Waals surface area contributed by atoms with E-state index in [9.17, 15) is 14.0 Å². The first-order valence-corrected chi connectivity index (χ1v) is 7.69. The molecule has 1 fully saturated rings. The molecule has 0 spiro atoms. The molecule has 1 aromatic carbocycles. The zero-order valence-electron chi connectivity index (χ0n) is 12.2. The highest BCUT2D eigenvalue weighted by atomic mass is 79.9. The summed E-state index contributed by atoms with van der Waals surface area (Å²) >= 11 is 3.32. The van der Waals surface area contributed by atoms with Gasteiger partial charge in [0.25, 0.3) is 0 Å². The minimum Gasteiger partial charge on any atom is -0.342 e. The molecule has 2 atom stereocenters. The number of carbonyl (C=O) groups is 2. The van der Waals surface area contributed by atoms with Crippen molar-refractivity contribution in [2.45, 2.75) is 39.3 Å². The lowest BCUT2D eigenvalue weighted by Gasteiger charge is -2.38. The summed E-state index contributed by atoms with van der Waals surface area (Å²) < 4.78 is 14.1. The molecule has 114 valence electrons. The van der Waals surface area contributed by atoms with Crippen LogP contribution in [0.2, 0.25) is 0 Å². The van der Waals surface area contributed by atoms with E-state index in [-0.39, 0.29) is 17.7 Å². The zero-order valence-corrected chi connectivity index (χ0v) is 13.8. The molecule has 1 aliphatic heterocycles. The molecule has 21 heavy (non-hydrogen) atoms. The number of hydrogen-bond donors (Lipinski definition) is 1. The summed E-state index contributed by atoms with van der Waals surface area (Å²) in [6.45, 7) is 5.61. The average Bonchev–Trinajstić information content (AvgIpc) is 2.39. The number of halogens is 2. The molecule has 2 unspecified atom stereocenters. The Morgan fingerprint density at radius 3 is 2.67 bits per heavy atom. The van der Waals surface area contributed by atoms with Crippen LogP contribution in [0.3, 0.4) is 0 Å². The van der Waals surface area contributed by atoms with Gasteiger partial charge in [-0.25, -0.2) is 4.39 Å². The quantitative estimate of drug-likeness (QED) is 0.905. The van der Waals surface area contributed by atoms with E-state index in [2.05, 4.69) is 21.2 Å². The van der Waals surface area contributed by atoms with Gasteiger partial charge in [-0.2, -0.15) is 0 Å². The number of amides is 2. The maximum absolute atomic E-state index is 13.5. The molecule has 0 radical (unpaired) electrons. The SMILES string of the molecule is CC(C)CC1NC(=O)C(C)N(c2cc(F)ccc2Br)C1=O. The van der Waals surface area contributed by atoms with Crippen LogP contribution in [0.25, 0.3) is 0 Å². The normalized spacial score (nSPS) is 22.7. The molecule has 1 aliphatic rings. The fourth-order valence-electron chi connectivity index (χ4n) is 2.46. The molecule has 1 aromatic rings. The highest BCUT2D eigenvalue weighted by molar-refractivity contribution is 9.10. The maximum Gasteiger partial charge on any atom is 0.250 e. The first-order chi connectivity index (χ1) is 9.81. The number of nitrogens with one attached hydrogen (secondary N) is 1. The van der Waals surface area contributed by atoms with Gasteiger partial charge in [0.2, 0.25) is 11.8 Å². The Morgan fingerprint density at radius 2 is 2.05 bits per heavy atom. The number of nitrogens with zero attached hydrogens (tertiary/aromatic N) is 1. The van der Waals surface area contributed by atoms with Crippen LogP contribution in [0.1, 0.15) is 27.2 Å². The molecule has 0 bridgehead atoms. The Hall–Kier alpha value is -1.43. The Kier molecular flexibility index (Phi) is 4.66. The van der Waals surface area contributed by atoms with Gasteiger partial charge >= 0.3 is 0 Å². The minimum atomic E-state index is -0.668. The van der Waals surface area contributed by atoms with Gasteiger partial charge < -0.3 is 5.32 Å². The van der Waals surface area contributed by atoms with E-state index in [1.165, 1.54) is 23.1 Å². The van der Waals surface area contributed by atoms with E-state index < -0.39 is 17.9 Å². The molecule has 1 N–H and O–H groups in total. The van der Waals surface area contributed by atoms with Gasteiger partial charge in [0.15, 0.2) is 0 Å². The van der Waals surface area contributed by atoms with Crippen LogP contribution in [0.4, 0.5) is 10.1 Å². The smallest absolute Gasteiger partial charge is 0.250 e. The summed E-state index contributed by atoms with van der Waals surface area (Å²) in [4.78, 5) is 26.1. The van der Waals surface area contributed by atoms with Crippen LogP contribution in [0, 0.1) is 11.7 Å².